The van der Waals surface area contributed by atoms with Gasteiger partial charge in [0.05, 0.1) is 11.3 Å². The molecule has 0 spiro atoms. The van der Waals surface area contributed by atoms with Gasteiger partial charge in [0, 0.05) is 31.5 Å². The lowest BCUT2D eigenvalue weighted by Gasteiger charge is -2.20. The Morgan fingerprint density at radius 3 is 2.35 bits per heavy atom. The van der Waals surface area contributed by atoms with Crippen LogP contribution >= 0.6 is 0 Å². The molecule has 0 unspecified atom stereocenters. The van der Waals surface area contributed by atoms with E-state index in [1.165, 1.54) is 24.3 Å². The number of hydrogen-bond donors (Lipinski definition) is 1. The van der Waals surface area contributed by atoms with Gasteiger partial charge in [-0.15, -0.1) is 0 Å². The lowest BCUT2D eigenvalue weighted by atomic mass is 10.0. The van der Waals surface area contributed by atoms with E-state index in [-0.39, 0.29) is 11.3 Å². The summed E-state index contributed by atoms with van der Waals surface area (Å²) in [7, 11) is 3.76. The Morgan fingerprint density at radius 1 is 0.882 bits per heavy atom. The molecule has 0 radical (unpaired) electrons. The Labute approximate surface area is 196 Å². The van der Waals surface area contributed by atoms with Gasteiger partial charge >= 0.3 is 0 Å². The van der Waals surface area contributed by atoms with E-state index in [0.29, 0.717) is 41.7 Å². The molecule has 0 saturated heterocycles. The van der Waals surface area contributed by atoms with Crippen LogP contribution < -0.4 is 24.6 Å². The predicted molar refractivity (Wildman–Crippen MR) is 128 cm³/mol. The third kappa shape index (κ3) is 3.83. The van der Waals surface area contributed by atoms with Crippen LogP contribution in [-0.2, 0) is 9.59 Å². The number of nitrogens with one attached hydrogen (secondary N) is 1. The third-order valence-corrected chi connectivity index (χ3v) is 5.63. The first-order valence-corrected chi connectivity index (χ1v) is 10.8. The lowest BCUT2D eigenvalue weighted by molar-refractivity contribution is -0.120. The standard InChI is InChI=1S/C26H22FN3O4/c1-29(2)19-4-3-5-20(15-19)30-25(31)23(16-6-8-17(27)9-7-16)24(26(30)32)28-18-10-11-21-22(14-18)34-13-12-33-21/h3-11,14-15,28H,12-13H2,1-2H3. The number of carbonyl (C=O) groups is 2. The van der Waals surface area contributed by atoms with Gasteiger partial charge in [0.25, 0.3) is 11.8 Å². The topological polar surface area (TPSA) is 71.1 Å². The molecule has 172 valence electrons. The molecule has 2 heterocycles. The summed E-state index contributed by atoms with van der Waals surface area (Å²) in [5.41, 5.74) is 2.54. The Balaban J connectivity index is 1.58. The largest absolute Gasteiger partial charge is 0.486 e. The Hall–Kier alpha value is -4.33. The van der Waals surface area contributed by atoms with Crippen molar-refractivity contribution in [3.63, 3.8) is 0 Å². The third-order valence-electron chi connectivity index (χ3n) is 5.63. The monoisotopic (exact) mass is 459 g/mol. The molecular weight excluding hydrogens is 437 g/mol. The van der Waals surface area contributed by atoms with Crippen molar-refractivity contribution in [2.45, 2.75) is 0 Å². The summed E-state index contributed by atoms with van der Waals surface area (Å²) in [6.07, 6.45) is 0. The summed E-state index contributed by atoms with van der Waals surface area (Å²) >= 11 is 0. The number of benzene rings is 3. The normalized spacial score (nSPS) is 15.1. The van der Waals surface area contributed by atoms with Crippen LogP contribution in [0.3, 0.4) is 0 Å². The first-order chi connectivity index (χ1) is 16.4. The highest BCUT2D eigenvalue weighted by Crippen LogP contribution is 2.37. The number of anilines is 3. The van der Waals surface area contributed by atoms with Gasteiger partial charge in [-0.1, -0.05) is 18.2 Å². The molecule has 0 saturated carbocycles. The van der Waals surface area contributed by atoms with Gasteiger partial charge in [-0.25, -0.2) is 9.29 Å². The maximum Gasteiger partial charge on any atom is 0.282 e. The quantitative estimate of drug-likeness (QED) is 0.581. The number of imide groups is 1. The highest BCUT2D eigenvalue weighted by molar-refractivity contribution is 6.46. The molecule has 1 N–H and O–H groups in total. The fourth-order valence-corrected chi connectivity index (χ4v) is 3.94. The number of amides is 2. The minimum Gasteiger partial charge on any atom is -0.486 e. The van der Waals surface area contributed by atoms with E-state index in [4.69, 9.17) is 9.47 Å². The van der Waals surface area contributed by atoms with Crippen LogP contribution in [-0.4, -0.2) is 39.1 Å². The molecule has 5 rings (SSSR count). The van der Waals surface area contributed by atoms with Gasteiger partial charge in [0.15, 0.2) is 11.5 Å². The summed E-state index contributed by atoms with van der Waals surface area (Å²) in [6.45, 7) is 0.890. The van der Waals surface area contributed by atoms with Crippen LogP contribution in [0.5, 0.6) is 11.5 Å². The number of halogens is 1. The van der Waals surface area contributed by atoms with Gasteiger partial charge in [-0.05, 0) is 48.0 Å². The average Bonchev–Trinajstić information content (AvgIpc) is 3.08. The summed E-state index contributed by atoms with van der Waals surface area (Å²) < 4.78 is 24.8. The van der Waals surface area contributed by atoms with Crippen LogP contribution in [0.15, 0.2) is 72.4 Å². The second kappa shape index (κ2) is 8.55. The molecule has 0 aromatic heterocycles. The van der Waals surface area contributed by atoms with E-state index in [2.05, 4.69) is 5.32 Å². The molecule has 0 atom stereocenters. The van der Waals surface area contributed by atoms with E-state index in [1.807, 2.05) is 25.1 Å². The van der Waals surface area contributed by atoms with E-state index in [9.17, 15) is 14.0 Å². The molecular formula is C26H22FN3O4. The zero-order valence-electron chi connectivity index (χ0n) is 18.7. The second-order valence-electron chi connectivity index (χ2n) is 8.10. The zero-order valence-corrected chi connectivity index (χ0v) is 18.7. The van der Waals surface area contributed by atoms with Gasteiger partial charge < -0.3 is 19.7 Å². The van der Waals surface area contributed by atoms with Crippen molar-refractivity contribution in [3.8, 4) is 11.5 Å². The summed E-state index contributed by atoms with van der Waals surface area (Å²) in [5.74, 6) is -0.270. The predicted octanol–water partition coefficient (Wildman–Crippen LogP) is 4.06. The van der Waals surface area contributed by atoms with Gasteiger partial charge in [-0.2, -0.15) is 0 Å². The molecule has 3 aromatic carbocycles. The highest BCUT2D eigenvalue weighted by atomic mass is 19.1. The van der Waals surface area contributed by atoms with Crippen molar-refractivity contribution in [2.75, 3.05) is 42.4 Å². The molecule has 2 amide bonds. The number of nitrogens with zero attached hydrogens (tertiary/aromatic N) is 2. The number of ether oxygens (including phenoxy) is 2. The summed E-state index contributed by atoms with van der Waals surface area (Å²) in [5, 5.41) is 3.10. The van der Waals surface area contributed by atoms with Crippen LogP contribution in [0.1, 0.15) is 5.56 Å². The van der Waals surface area contributed by atoms with Crippen LogP contribution in [0.25, 0.3) is 5.57 Å². The fraction of sp³-hybridized carbons (Fsp3) is 0.154. The minimum atomic E-state index is -0.505. The second-order valence-corrected chi connectivity index (χ2v) is 8.10. The molecule has 2 aliphatic heterocycles. The van der Waals surface area contributed by atoms with Crippen molar-refractivity contribution >= 4 is 34.4 Å². The SMILES string of the molecule is CN(C)c1cccc(N2C(=O)C(Nc3ccc4c(c3)OCCO4)=C(c3ccc(F)cc3)C2=O)c1. The lowest BCUT2D eigenvalue weighted by Crippen LogP contribution is -2.32. The summed E-state index contributed by atoms with van der Waals surface area (Å²) in [4.78, 5) is 30.2. The van der Waals surface area contributed by atoms with Crippen molar-refractivity contribution in [2.24, 2.45) is 0 Å². The van der Waals surface area contributed by atoms with E-state index in [0.717, 1.165) is 10.6 Å². The van der Waals surface area contributed by atoms with Crippen LogP contribution in [0, 0.1) is 5.82 Å². The maximum absolute atomic E-state index is 13.6. The molecule has 0 aliphatic carbocycles. The van der Waals surface area contributed by atoms with Gasteiger partial charge in [0.2, 0.25) is 0 Å². The molecule has 34 heavy (non-hydrogen) atoms. The van der Waals surface area contributed by atoms with Crippen molar-refractivity contribution in [1.82, 2.24) is 0 Å². The van der Waals surface area contributed by atoms with Crippen molar-refractivity contribution in [3.05, 3.63) is 83.8 Å². The van der Waals surface area contributed by atoms with Gasteiger partial charge in [-0.3, -0.25) is 9.59 Å². The number of rotatable bonds is 5. The average molecular weight is 459 g/mol. The summed E-state index contributed by atoms with van der Waals surface area (Å²) in [6, 6.07) is 17.9. The molecule has 0 fully saturated rings. The zero-order chi connectivity index (χ0) is 23.8. The van der Waals surface area contributed by atoms with E-state index >= 15 is 0 Å². The minimum absolute atomic E-state index is 0.101. The molecule has 8 heteroatoms. The highest BCUT2D eigenvalue weighted by Gasteiger charge is 2.40. The van der Waals surface area contributed by atoms with Gasteiger partial charge in [0.1, 0.15) is 24.7 Å². The van der Waals surface area contributed by atoms with E-state index in [1.54, 1.807) is 36.4 Å². The fourth-order valence-electron chi connectivity index (χ4n) is 3.94. The number of hydrogen-bond acceptors (Lipinski definition) is 6. The van der Waals surface area contributed by atoms with Crippen LogP contribution in [0.4, 0.5) is 21.5 Å². The Kier molecular flexibility index (Phi) is 5.41. The van der Waals surface area contributed by atoms with Crippen molar-refractivity contribution in [1.29, 1.82) is 0 Å². The first-order valence-electron chi connectivity index (χ1n) is 10.8. The Morgan fingerprint density at radius 2 is 1.62 bits per heavy atom. The Bertz CT molecular complexity index is 1320. The molecule has 2 aliphatic rings. The number of fused-ring (bicyclic) bond motifs is 1. The smallest absolute Gasteiger partial charge is 0.282 e. The molecule has 3 aromatic rings. The van der Waals surface area contributed by atoms with E-state index < -0.39 is 17.6 Å². The first kappa shape index (κ1) is 21.5. The van der Waals surface area contributed by atoms with Crippen LogP contribution in [0.2, 0.25) is 0 Å². The maximum atomic E-state index is 13.6. The molecule has 0 bridgehead atoms. The molecule has 7 nitrogen and oxygen atoms in total. The van der Waals surface area contributed by atoms with Crippen molar-refractivity contribution < 1.29 is 23.5 Å². The number of carbonyl (C=O) groups excluding carboxylic acids is 2.